The number of rotatable bonds is 3. The highest BCUT2D eigenvalue weighted by molar-refractivity contribution is 9.10. The van der Waals surface area contributed by atoms with Gasteiger partial charge >= 0.3 is 0 Å². The molecule has 0 aliphatic heterocycles. The van der Waals surface area contributed by atoms with E-state index in [0.717, 1.165) is 11.0 Å². The van der Waals surface area contributed by atoms with E-state index in [9.17, 15) is 0 Å². The summed E-state index contributed by atoms with van der Waals surface area (Å²) in [5, 5.41) is 3.39. The summed E-state index contributed by atoms with van der Waals surface area (Å²) in [6.07, 6.45) is 4.77. The molecule has 0 bridgehead atoms. The van der Waals surface area contributed by atoms with E-state index >= 15 is 0 Å². The summed E-state index contributed by atoms with van der Waals surface area (Å²) >= 11 is 3.31. The Labute approximate surface area is 97.8 Å². The first-order valence-corrected chi connectivity index (χ1v) is 6.01. The first-order chi connectivity index (χ1) is 7.13. The number of nitrogens with two attached hydrogens (primary N) is 1. The molecule has 0 spiro atoms. The second kappa shape index (κ2) is 3.96. The van der Waals surface area contributed by atoms with Crippen LogP contribution in [0.5, 0.6) is 0 Å². The predicted molar refractivity (Wildman–Crippen MR) is 64.6 cm³/mol. The smallest absolute Gasteiger partial charge is 0.226 e. The first-order valence-electron chi connectivity index (χ1n) is 5.22. The van der Waals surface area contributed by atoms with Crippen LogP contribution in [0.4, 0.5) is 11.8 Å². The third-order valence-electron chi connectivity index (χ3n) is 3.08. The van der Waals surface area contributed by atoms with E-state index in [4.69, 9.17) is 5.73 Å². The molecule has 15 heavy (non-hydrogen) atoms. The van der Waals surface area contributed by atoms with Gasteiger partial charge in [0.15, 0.2) is 0 Å². The van der Waals surface area contributed by atoms with Crippen LogP contribution in [0.1, 0.15) is 32.6 Å². The molecule has 1 aromatic rings. The molecular weight excluding hydrogens is 256 g/mol. The van der Waals surface area contributed by atoms with E-state index in [2.05, 4.69) is 38.1 Å². The number of hydrogen-bond acceptors (Lipinski definition) is 4. The molecule has 0 amide bonds. The fraction of sp³-hybridized carbons (Fsp3) is 0.600. The monoisotopic (exact) mass is 270 g/mol. The van der Waals surface area contributed by atoms with E-state index in [1.165, 1.54) is 19.3 Å². The molecule has 1 saturated carbocycles. The second-order valence-corrected chi connectivity index (χ2v) is 4.86. The van der Waals surface area contributed by atoms with Crippen LogP contribution < -0.4 is 11.1 Å². The van der Waals surface area contributed by atoms with Crippen LogP contribution >= 0.6 is 15.9 Å². The summed E-state index contributed by atoms with van der Waals surface area (Å²) < 4.78 is 0.725. The molecule has 3 N–H and O–H groups in total. The Morgan fingerprint density at radius 3 is 2.73 bits per heavy atom. The molecule has 1 aliphatic rings. The van der Waals surface area contributed by atoms with Crippen molar-refractivity contribution in [1.82, 2.24) is 9.97 Å². The molecule has 0 atom stereocenters. The third-order valence-corrected chi connectivity index (χ3v) is 3.49. The summed E-state index contributed by atoms with van der Waals surface area (Å²) in [5.41, 5.74) is 5.86. The van der Waals surface area contributed by atoms with E-state index in [-0.39, 0.29) is 5.54 Å². The third kappa shape index (κ3) is 2.22. The largest absolute Gasteiger partial charge is 0.383 e. The van der Waals surface area contributed by atoms with Crippen molar-refractivity contribution >= 4 is 27.7 Å². The van der Waals surface area contributed by atoms with Gasteiger partial charge in [0.2, 0.25) is 5.95 Å². The van der Waals surface area contributed by atoms with Gasteiger partial charge in [-0.05, 0) is 41.6 Å². The van der Waals surface area contributed by atoms with Gasteiger partial charge in [0, 0.05) is 11.6 Å². The van der Waals surface area contributed by atoms with Crippen LogP contribution in [0.3, 0.4) is 0 Å². The molecule has 82 valence electrons. The average molecular weight is 271 g/mol. The molecule has 4 nitrogen and oxygen atoms in total. The minimum Gasteiger partial charge on any atom is -0.383 e. The Morgan fingerprint density at radius 1 is 1.53 bits per heavy atom. The highest BCUT2D eigenvalue weighted by atomic mass is 79.9. The van der Waals surface area contributed by atoms with Gasteiger partial charge in [-0.1, -0.05) is 6.92 Å². The Bertz CT molecular complexity index is 337. The van der Waals surface area contributed by atoms with Crippen LogP contribution in [-0.4, -0.2) is 15.5 Å². The van der Waals surface area contributed by atoms with Crippen molar-refractivity contribution in [3.8, 4) is 0 Å². The molecular formula is C10H15BrN4. The minimum atomic E-state index is 0.202. The van der Waals surface area contributed by atoms with Crippen molar-refractivity contribution < 1.29 is 0 Å². The summed E-state index contributed by atoms with van der Waals surface area (Å²) in [7, 11) is 0. The highest BCUT2D eigenvalue weighted by Gasteiger charge is 2.35. The fourth-order valence-electron chi connectivity index (χ4n) is 1.90. The standard InChI is InChI=1S/C10H15BrN4/c1-2-10(4-3-5-10)15-9-13-7(11)6-8(12)14-9/h6H,2-5H2,1H3,(H3,12,13,14,15). The Hall–Kier alpha value is -0.840. The van der Waals surface area contributed by atoms with Crippen LogP contribution in [0.25, 0.3) is 0 Å². The van der Waals surface area contributed by atoms with Crippen LogP contribution in [0.15, 0.2) is 10.7 Å². The SMILES string of the molecule is CCC1(Nc2nc(N)cc(Br)n2)CCC1. The van der Waals surface area contributed by atoms with Crippen molar-refractivity contribution in [2.45, 2.75) is 38.1 Å². The maximum atomic E-state index is 5.66. The van der Waals surface area contributed by atoms with Gasteiger partial charge in [0.05, 0.1) is 0 Å². The molecule has 0 aromatic carbocycles. The summed E-state index contributed by atoms with van der Waals surface area (Å²) in [4.78, 5) is 8.44. The lowest BCUT2D eigenvalue weighted by atomic mass is 9.75. The average Bonchev–Trinajstić information content (AvgIpc) is 2.10. The molecule has 0 saturated heterocycles. The molecule has 2 rings (SSSR count). The molecule has 5 heteroatoms. The predicted octanol–water partition coefficient (Wildman–Crippen LogP) is 2.57. The Kier molecular flexibility index (Phi) is 2.82. The van der Waals surface area contributed by atoms with Crippen molar-refractivity contribution in [3.05, 3.63) is 10.7 Å². The van der Waals surface area contributed by atoms with Crippen molar-refractivity contribution in [1.29, 1.82) is 0 Å². The van der Waals surface area contributed by atoms with E-state index in [1.807, 2.05) is 0 Å². The number of nitrogens with one attached hydrogen (secondary N) is 1. The Morgan fingerprint density at radius 2 is 2.27 bits per heavy atom. The normalized spacial score (nSPS) is 18.3. The van der Waals surface area contributed by atoms with E-state index in [1.54, 1.807) is 6.07 Å². The number of anilines is 2. The van der Waals surface area contributed by atoms with Gasteiger partial charge in [-0.2, -0.15) is 4.98 Å². The van der Waals surface area contributed by atoms with Gasteiger partial charge in [0.25, 0.3) is 0 Å². The van der Waals surface area contributed by atoms with Crippen LogP contribution in [-0.2, 0) is 0 Å². The lowest BCUT2D eigenvalue weighted by Crippen LogP contribution is -2.44. The lowest BCUT2D eigenvalue weighted by Gasteiger charge is -2.42. The fourth-order valence-corrected chi connectivity index (χ4v) is 2.30. The van der Waals surface area contributed by atoms with E-state index < -0.39 is 0 Å². The zero-order valence-corrected chi connectivity index (χ0v) is 10.3. The minimum absolute atomic E-state index is 0.202. The highest BCUT2D eigenvalue weighted by Crippen LogP contribution is 2.37. The van der Waals surface area contributed by atoms with Crippen molar-refractivity contribution in [2.24, 2.45) is 0 Å². The van der Waals surface area contributed by atoms with Crippen LogP contribution in [0, 0.1) is 0 Å². The maximum absolute atomic E-state index is 5.66. The zero-order valence-electron chi connectivity index (χ0n) is 8.76. The zero-order chi connectivity index (χ0) is 10.9. The molecule has 0 unspecified atom stereocenters. The molecule has 1 fully saturated rings. The summed E-state index contributed by atoms with van der Waals surface area (Å²) in [6, 6.07) is 1.70. The van der Waals surface area contributed by atoms with Gasteiger partial charge in [-0.15, -0.1) is 0 Å². The van der Waals surface area contributed by atoms with Crippen molar-refractivity contribution in [3.63, 3.8) is 0 Å². The lowest BCUT2D eigenvalue weighted by molar-refractivity contribution is 0.268. The number of hydrogen-bond donors (Lipinski definition) is 2. The summed E-state index contributed by atoms with van der Waals surface area (Å²) in [5.74, 6) is 1.12. The number of aromatic nitrogens is 2. The van der Waals surface area contributed by atoms with Crippen LogP contribution in [0.2, 0.25) is 0 Å². The molecule has 1 aromatic heterocycles. The van der Waals surface area contributed by atoms with Gasteiger partial charge in [-0.25, -0.2) is 4.98 Å². The van der Waals surface area contributed by atoms with Gasteiger partial charge in [0.1, 0.15) is 10.4 Å². The quantitative estimate of drug-likeness (QED) is 0.829. The molecule has 0 radical (unpaired) electrons. The van der Waals surface area contributed by atoms with Crippen molar-refractivity contribution in [2.75, 3.05) is 11.1 Å². The van der Waals surface area contributed by atoms with Gasteiger partial charge in [-0.3, -0.25) is 0 Å². The number of halogens is 1. The molecule has 1 aliphatic carbocycles. The maximum Gasteiger partial charge on any atom is 0.226 e. The summed E-state index contributed by atoms with van der Waals surface area (Å²) in [6.45, 7) is 2.19. The van der Waals surface area contributed by atoms with Gasteiger partial charge < -0.3 is 11.1 Å². The Balaban J connectivity index is 2.16. The first kappa shape index (κ1) is 10.7. The van der Waals surface area contributed by atoms with E-state index in [0.29, 0.717) is 11.8 Å². The number of nitrogen functional groups attached to an aromatic ring is 1. The molecule has 1 heterocycles. The topological polar surface area (TPSA) is 63.8 Å². The number of nitrogens with zero attached hydrogens (tertiary/aromatic N) is 2. The second-order valence-electron chi connectivity index (χ2n) is 4.05.